The number of anilines is 2. The zero-order chi connectivity index (χ0) is 14.5. The molecule has 0 spiro atoms. The van der Waals surface area contributed by atoms with Gasteiger partial charge in [-0.25, -0.2) is 4.98 Å². The number of hydrogen-bond donors (Lipinski definition) is 2. The molecule has 0 bridgehead atoms. The Hall–Kier alpha value is -1.88. The summed E-state index contributed by atoms with van der Waals surface area (Å²) in [5.74, 6) is 0.991. The van der Waals surface area contributed by atoms with E-state index in [1.54, 1.807) is 24.1 Å². The number of nitrogens with zero attached hydrogens (tertiary/aromatic N) is 2. The summed E-state index contributed by atoms with van der Waals surface area (Å²) in [6.07, 6.45) is 3.77. The van der Waals surface area contributed by atoms with Gasteiger partial charge in [-0.05, 0) is 49.1 Å². The lowest BCUT2D eigenvalue weighted by molar-refractivity contribution is 0.473. The van der Waals surface area contributed by atoms with E-state index in [9.17, 15) is 5.11 Å². The van der Waals surface area contributed by atoms with Crippen LogP contribution in [0.1, 0.15) is 12.8 Å². The van der Waals surface area contributed by atoms with Crippen LogP contribution < -0.4 is 9.62 Å². The fraction of sp³-hybridized carbons (Fsp3) is 0.312. The predicted octanol–water partition coefficient (Wildman–Crippen LogP) is 3.52. The number of para-hydroxylation sites is 1. The largest absolute Gasteiger partial charge is 0.506 e. The van der Waals surface area contributed by atoms with Gasteiger partial charge in [-0.2, -0.15) is 0 Å². The zero-order valence-electron chi connectivity index (χ0n) is 11.8. The molecule has 1 aromatic heterocycles. The molecule has 2 heterocycles. The molecule has 21 heavy (non-hydrogen) atoms. The van der Waals surface area contributed by atoms with Gasteiger partial charge in [0.05, 0.1) is 6.20 Å². The van der Waals surface area contributed by atoms with Gasteiger partial charge in [0.1, 0.15) is 11.6 Å². The van der Waals surface area contributed by atoms with Crippen molar-refractivity contribution in [2.75, 3.05) is 22.7 Å². The first kappa shape index (κ1) is 14.1. The highest BCUT2D eigenvalue weighted by atomic mass is 32.2. The van der Waals surface area contributed by atoms with E-state index in [0.717, 1.165) is 31.7 Å². The molecule has 2 N–H and O–H groups in total. The van der Waals surface area contributed by atoms with Gasteiger partial charge in [-0.1, -0.05) is 18.2 Å². The second-order valence-electron chi connectivity index (χ2n) is 5.14. The van der Waals surface area contributed by atoms with E-state index >= 15 is 0 Å². The molecule has 5 heteroatoms. The van der Waals surface area contributed by atoms with Crippen LogP contribution in [-0.4, -0.2) is 28.4 Å². The van der Waals surface area contributed by atoms with Crippen LogP contribution in [0.4, 0.5) is 11.5 Å². The summed E-state index contributed by atoms with van der Waals surface area (Å²) in [7, 11) is 0. The second-order valence-corrected chi connectivity index (χ2v) is 6.25. The SMILES string of the molecule is Oc1ccc(NSC2CCN(c3ccccc3)CC2)nc1. The standard InChI is InChI=1S/C16H19N3OS/c20-14-6-7-16(17-12-14)18-21-15-8-10-19(11-9-15)13-4-2-1-3-5-13/h1-7,12,15,20H,8-11H2,(H,17,18). The summed E-state index contributed by atoms with van der Waals surface area (Å²) >= 11 is 1.73. The van der Waals surface area contributed by atoms with E-state index in [1.165, 1.54) is 11.9 Å². The maximum absolute atomic E-state index is 9.21. The maximum atomic E-state index is 9.21. The smallest absolute Gasteiger partial charge is 0.136 e. The van der Waals surface area contributed by atoms with Gasteiger partial charge < -0.3 is 14.7 Å². The second kappa shape index (κ2) is 6.72. The summed E-state index contributed by atoms with van der Waals surface area (Å²) in [5.41, 5.74) is 1.31. The van der Waals surface area contributed by atoms with Crippen LogP contribution in [-0.2, 0) is 0 Å². The van der Waals surface area contributed by atoms with E-state index in [4.69, 9.17) is 0 Å². The van der Waals surface area contributed by atoms with Gasteiger partial charge >= 0.3 is 0 Å². The Morgan fingerprint density at radius 2 is 1.86 bits per heavy atom. The van der Waals surface area contributed by atoms with Crippen LogP contribution in [0.2, 0.25) is 0 Å². The number of pyridine rings is 1. The molecule has 0 atom stereocenters. The molecule has 1 aliphatic heterocycles. The van der Waals surface area contributed by atoms with Crippen molar-refractivity contribution in [1.29, 1.82) is 0 Å². The molecule has 110 valence electrons. The molecule has 0 aliphatic carbocycles. The van der Waals surface area contributed by atoms with E-state index < -0.39 is 0 Å². The third-order valence-electron chi connectivity index (χ3n) is 3.64. The van der Waals surface area contributed by atoms with Crippen molar-refractivity contribution in [3.05, 3.63) is 48.7 Å². The molecule has 1 aromatic carbocycles. The lowest BCUT2D eigenvalue weighted by atomic mass is 10.1. The third-order valence-corrected chi connectivity index (χ3v) is 4.77. The van der Waals surface area contributed by atoms with E-state index in [0.29, 0.717) is 5.25 Å². The van der Waals surface area contributed by atoms with Gasteiger partial charge in [0.15, 0.2) is 0 Å². The van der Waals surface area contributed by atoms with Crippen LogP contribution in [0.3, 0.4) is 0 Å². The molecule has 0 saturated carbocycles. The number of benzene rings is 1. The Balaban J connectivity index is 1.47. The summed E-state index contributed by atoms with van der Waals surface area (Å²) in [6.45, 7) is 2.18. The van der Waals surface area contributed by atoms with Crippen LogP contribution in [0.15, 0.2) is 48.7 Å². The summed E-state index contributed by atoms with van der Waals surface area (Å²) < 4.78 is 3.27. The molecule has 4 nitrogen and oxygen atoms in total. The number of hydrogen-bond acceptors (Lipinski definition) is 5. The summed E-state index contributed by atoms with van der Waals surface area (Å²) in [4.78, 5) is 6.57. The highest BCUT2D eigenvalue weighted by molar-refractivity contribution is 8.01. The van der Waals surface area contributed by atoms with E-state index in [-0.39, 0.29) is 5.75 Å². The van der Waals surface area contributed by atoms with Gasteiger partial charge in [-0.15, -0.1) is 0 Å². The Morgan fingerprint density at radius 3 is 2.52 bits per heavy atom. The Labute approximate surface area is 129 Å². The Kier molecular flexibility index (Phi) is 4.50. The molecule has 0 radical (unpaired) electrons. The number of nitrogens with one attached hydrogen (secondary N) is 1. The minimum atomic E-state index is 0.196. The third kappa shape index (κ3) is 3.82. The van der Waals surface area contributed by atoms with Crippen molar-refractivity contribution in [1.82, 2.24) is 4.98 Å². The first-order valence-electron chi connectivity index (χ1n) is 7.18. The lowest BCUT2D eigenvalue weighted by Crippen LogP contribution is -2.35. The lowest BCUT2D eigenvalue weighted by Gasteiger charge is -2.33. The fourth-order valence-electron chi connectivity index (χ4n) is 2.46. The highest BCUT2D eigenvalue weighted by Gasteiger charge is 2.19. The van der Waals surface area contributed by atoms with E-state index in [2.05, 4.69) is 44.9 Å². The normalized spacial score (nSPS) is 15.9. The molecular formula is C16H19N3OS. The number of rotatable bonds is 4. The van der Waals surface area contributed by atoms with Gasteiger partial charge in [0, 0.05) is 24.0 Å². The Bertz CT molecular complexity index is 553. The fourth-order valence-corrected chi connectivity index (χ4v) is 3.32. The molecule has 0 amide bonds. The minimum absolute atomic E-state index is 0.196. The van der Waals surface area contributed by atoms with Crippen LogP contribution in [0.5, 0.6) is 5.75 Å². The van der Waals surface area contributed by atoms with Crippen molar-refractivity contribution in [3.63, 3.8) is 0 Å². The van der Waals surface area contributed by atoms with Crippen LogP contribution >= 0.6 is 11.9 Å². The molecular weight excluding hydrogens is 282 g/mol. The highest BCUT2D eigenvalue weighted by Crippen LogP contribution is 2.27. The number of aromatic hydroxyl groups is 1. The summed E-state index contributed by atoms with van der Waals surface area (Å²) in [6, 6.07) is 14.0. The van der Waals surface area contributed by atoms with Crippen molar-refractivity contribution in [2.24, 2.45) is 0 Å². The predicted molar refractivity (Wildman–Crippen MR) is 88.8 cm³/mol. The van der Waals surface area contributed by atoms with Crippen LogP contribution in [0, 0.1) is 0 Å². The molecule has 2 aromatic rings. The van der Waals surface area contributed by atoms with Gasteiger partial charge in [-0.3, -0.25) is 0 Å². The Morgan fingerprint density at radius 1 is 1.10 bits per heavy atom. The molecule has 3 rings (SSSR count). The molecule has 1 fully saturated rings. The first-order valence-corrected chi connectivity index (χ1v) is 8.06. The van der Waals surface area contributed by atoms with Crippen molar-refractivity contribution in [3.8, 4) is 5.75 Å². The van der Waals surface area contributed by atoms with Gasteiger partial charge in [0.25, 0.3) is 0 Å². The molecule has 0 unspecified atom stereocenters. The summed E-state index contributed by atoms with van der Waals surface area (Å²) in [5, 5.41) is 9.81. The average Bonchev–Trinajstić information content (AvgIpc) is 2.56. The first-order chi connectivity index (χ1) is 10.3. The zero-order valence-corrected chi connectivity index (χ0v) is 12.6. The molecule has 1 saturated heterocycles. The topological polar surface area (TPSA) is 48.4 Å². The minimum Gasteiger partial charge on any atom is -0.506 e. The monoisotopic (exact) mass is 301 g/mol. The number of aromatic nitrogens is 1. The number of piperidine rings is 1. The van der Waals surface area contributed by atoms with Crippen LogP contribution in [0.25, 0.3) is 0 Å². The van der Waals surface area contributed by atoms with E-state index in [1.807, 2.05) is 0 Å². The van der Waals surface area contributed by atoms with Gasteiger partial charge in [0.2, 0.25) is 0 Å². The molecule has 1 aliphatic rings. The van der Waals surface area contributed by atoms with Crippen molar-refractivity contribution in [2.45, 2.75) is 18.1 Å². The van der Waals surface area contributed by atoms with Crippen molar-refractivity contribution >= 4 is 23.5 Å². The quantitative estimate of drug-likeness (QED) is 0.846. The maximum Gasteiger partial charge on any atom is 0.136 e. The van der Waals surface area contributed by atoms with Crippen molar-refractivity contribution < 1.29 is 5.11 Å². The average molecular weight is 301 g/mol.